The molecule has 2 nitrogen and oxygen atoms in total. The number of ether oxygens (including phenoxy) is 2. The van der Waals surface area contributed by atoms with E-state index in [4.69, 9.17) is 9.47 Å². The molecule has 162 valence electrons. The Balaban J connectivity index is 1.52. The van der Waals surface area contributed by atoms with Gasteiger partial charge in [-0.2, -0.15) is 0 Å². The summed E-state index contributed by atoms with van der Waals surface area (Å²) in [5, 5.41) is 0. The van der Waals surface area contributed by atoms with Crippen LogP contribution in [-0.2, 0) is 4.74 Å². The Hall–Kier alpha value is -2.01. The van der Waals surface area contributed by atoms with Gasteiger partial charge in [0.25, 0.3) is 0 Å². The first-order valence-electron chi connectivity index (χ1n) is 10.9. The highest BCUT2D eigenvalue weighted by atomic mass is 19.1. The second-order valence-corrected chi connectivity index (χ2v) is 8.63. The predicted octanol–water partition coefficient (Wildman–Crippen LogP) is 6.87. The monoisotopic (exact) mass is 418 g/mol. The van der Waals surface area contributed by atoms with Gasteiger partial charge in [0.1, 0.15) is 11.6 Å². The lowest BCUT2D eigenvalue weighted by Crippen LogP contribution is -2.33. The normalized spacial score (nSPS) is 26.3. The Bertz CT molecular complexity index is 875. The maximum Gasteiger partial charge on any atom is 0.165 e. The fourth-order valence-electron chi connectivity index (χ4n) is 5.46. The third-order valence-corrected chi connectivity index (χ3v) is 6.94. The van der Waals surface area contributed by atoms with Crippen molar-refractivity contribution in [2.24, 2.45) is 11.8 Å². The van der Waals surface area contributed by atoms with Crippen molar-refractivity contribution in [3.05, 3.63) is 53.3 Å². The topological polar surface area (TPSA) is 18.5 Å². The van der Waals surface area contributed by atoms with Crippen molar-refractivity contribution in [1.82, 2.24) is 0 Å². The number of halogens is 3. The van der Waals surface area contributed by atoms with Crippen LogP contribution >= 0.6 is 0 Å². The van der Waals surface area contributed by atoms with Gasteiger partial charge in [0.05, 0.1) is 18.8 Å². The molecule has 5 heteroatoms. The van der Waals surface area contributed by atoms with Crippen LogP contribution in [0, 0.1) is 29.3 Å². The number of rotatable bonds is 5. The number of hydrogen-bond donors (Lipinski definition) is 0. The molecule has 0 radical (unpaired) electrons. The van der Waals surface area contributed by atoms with Crippen LogP contribution in [0.2, 0.25) is 0 Å². The van der Waals surface area contributed by atoms with Crippen LogP contribution < -0.4 is 4.74 Å². The van der Waals surface area contributed by atoms with Crippen molar-refractivity contribution in [2.75, 3.05) is 13.7 Å². The van der Waals surface area contributed by atoms with Crippen LogP contribution in [0.4, 0.5) is 13.2 Å². The van der Waals surface area contributed by atoms with Crippen LogP contribution in [0.1, 0.15) is 56.9 Å². The zero-order chi connectivity index (χ0) is 21.3. The molecule has 0 spiro atoms. The number of fused-ring (bicyclic) bond motifs is 1. The summed E-state index contributed by atoms with van der Waals surface area (Å²) in [6, 6.07) is 6.86. The highest BCUT2D eigenvalue weighted by Crippen LogP contribution is 2.47. The molecule has 4 rings (SSSR count). The minimum absolute atomic E-state index is 0.0482. The minimum Gasteiger partial charge on any atom is -0.494 e. The molecule has 0 saturated heterocycles. The molecule has 0 amide bonds. The summed E-state index contributed by atoms with van der Waals surface area (Å²) in [5.41, 5.74) is 0.701. The SMILES string of the molecule is CCOC1CCC2CC(c3cc(F)c(-c4ccc(OC)c(F)c4)c(F)c3)CCC2C1. The van der Waals surface area contributed by atoms with Crippen molar-refractivity contribution >= 4 is 0 Å². The number of benzene rings is 2. The van der Waals surface area contributed by atoms with E-state index in [1.54, 1.807) is 0 Å². The third-order valence-electron chi connectivity index (χ3n) is 6.94. The zero-order valence-corrected chi connectivity index (χ0v) is 17.6. The van der Waals surface area contributed by atoms with Crippen molar-refractivity contribution in [2.45, 2.75) is 57.5 Å². The van der Waals surface area contributed by atoms with Gasteiger partial charge in [0.15, 0.2) is 11.6 Å². The molecule has 2 aliphatic carbocycles. The molecular formula is C25H29F3O2. The molecule has 0 heterocycles. The van der Waals surface area contributed by atoms with E-state index >= 15 is 0 Å². The first kappa shape index (κ1) is 21.2. The summed E-state index contributed by atoms with van der Waals surface area (Å²) in [5.74, 6) is -0.454. The zero-order valence-electron chi connectivity index (χ0n) is 17.6. The Kier molecular flexibility index (Phi) is 6.37. The molecule has 0 aromatic heterocycles. The van der Waals surface area contributed by atoms with Crippen molar-refractivity contribution < 1.29 is 22.6 Å². The van der Waals surface area contributed by atoms with Crippen molar-refractivity contribution in [1.29, 1.82) is 0 Å². The van der Waals surface area contributed by atoms with Gasteiger partial charge in [-0.3, -0.25) is 0 Å². The van der Waals surface area contributed by atoms with Crippen LogP contribution in [0.25, 0.3) is 11.1 Å². The summed E-state index contributed by atoms with van der Waals surface area (Å²) < 4.78 is 54.6. The summed E-state index contributed by atoms with van der Waals surface area (Å²) in [6.07, 6.45) is 6.66. The molecule has 30 heavy (non-hydrogen) atoms. The van der Waals surface area contributed by atoms with Crippen LogP contribution in [-0.4, -0.2) is 19.8 Å². The maximum atomic E-state index is 14.9. The highest BCUT2D eigenvalue weighted by Gasteiger charge is 2.36. The molecule has 0 aliphatic heterocycles. The molecular weight excluding hydrogens is 389 g/mol. The minimum atomic E-state index is -0.642. The van der Waals surface area contributed by atoms with Gasteiger partial charge in [-0.1, -0.05) is 6.07 Å². The predicted molar refractivity (Wildman–Crippen MR) is 111 cm³/mol. The maximum absolute atomic E-state index is 14.9. The van der Waals surface area contributed by atoms with E-state index in [2.05, 4.69) is 0 Å². The van der Waals surface area contributed by atoms with E-state index in [0.717, 1.165) is 51.2 Å². The molecule has 2 aromatic carbocycles. The smallest absolute Gasteiger partial charge is 0.165 e. The van der Waals surface area contributed by atoms with Gasteiger partial charge in [0, 0.05) is 6.61 Å². The number of hydrogen-bond acceptors (Lipinski definition) is 2. The lowest BCUT2D eigenvalue weighted by atomic mass is 9.65. The fraction of sp³-hybridized carbons (Fsp3) is 0.520. The van der Waals surface area contributed by atoms with Crippen LogP contribution in [0.5, 0.6) is 5.75 Å². The standard InChI is InChI=1S/C25H29F3O2/c1-3-30-20-8-6-15-10-16(4-5-17(15)11-20)19-13-22(27)25(23(28)14-19)18-7-9-24(29-2)21(26)12-18/h7,9,12-17,20H,3-6,8,10-11H2,1-2H3. The Morgan fingerprint density at radius 3 is 2.23 bits per heavy atom. The van der Waals surface area contributed by atoms with E-state index in [9.17, 15) is 13.2 Å². The van der Waals surface area contributed by atoms with E-state index < -0.39 is 17.5 Å². The third kappa shape index (κ3) is 4.22. The van der Waals surface area contributed by atoms with Crippen molar-refractivity contribution in [3.63, 3.8) is 0 Å². The van der Waals surface area contributed by atoms with Gasteiger partial charge >= 0.3 is 0 Å². The highest BCUT2D eigenvalue weighted by molar-refractivity contribution is 5.66. The molecule has 4 unspecified atom stereocenters. The van der Waals surface area contributed by atoms with Gasteiger partial charge in [0.2, 0.25) is 0 Å². The molecule has 2 aliphatic rings. The van der Waals surface area contributed by atoms with E-state index in [1.807, 2.05) is 6.92 Å². The van der Waals surface area contributed by atoms with Gasteiger partial charge in [-0.15, -0.1) is 0 Å². The lowest BCUT2D eigenvalue weighted by molar-refractivity contribution is -0.00957. The Labute approximate surface area is 176 Å². The van der Waals surface area contributed by atoms with E-state index in [0.29, 0.717) is 23.5 Å². The van der Waals surface area contributed by atoms with Gasteiger partial charge in [-0.25, -0.2) is 13.2 Å². The largest absolute Gasteiger partial charge is 0.494 e. The van der Waals surface area contributed by atoms with Crippen LogP contribution in [0.15, 0.2) is 30.3 Å². The quantitative estimate of drug-likeness (QED) is 0.528. The Morgan fingerprint density at radius 1 is 0.867 bits per heavy atom. The van der Waals surface area contributed by atoms with E-state index in [1.165, 1.54) is 31.4 Å². The second kappa shape index (κ2) is 9.01. The summed E-state index contributed by atoms with van der Waals surface area (Å²) in [4.78, 5) is 0. The number of methoxy groups -OCH3 is 1. The summed E-state index contributed by atoms with van der Waals surface area (Å²) >= 11 is 0. The molecule has 0 N–H and O–H groups in total. The van der Waals surface area contributed by atoms with Gasteiger partial charge in [-0.05, 0) is 98.6 Å². The molecule has 0 bridgehead atoms. The molecule has 2 fully saturated rings. The fourth-order valence-corrected chi connectivity index (χ4v) is 5.46. The summed E-state index contributed by atoms with van der Waals surface area (Å²) in [6.45, 7) is 2.80. The summed E-state index contributed by atoms with van der Waals surface area (Å²) in [7, 11) is 1.35. The molecule has 4 atom stereocenters. The second-order valence-electron chi connectivity index (χ2n) is 8.63. The Morgan fingerprint density at radius 2 is 1.57 bits per heavy atom. The average Bonchev–Trinajstić information content (AvgIpc) is 2.73. The van der Waals surface area contributed by atoms with E-state index in [-0.39, 0.29) is 22.8 Å². The van der Waals surface area contributed by atoms with Gasteiger partial charge < -0.3 is 9.47 Å². The lowest BCUT2D eigenvalue weighted by Gasteiger charge is -2.42. The van der Waals surface area contributed by atoms with Crippen molar-refractivity contribution in [3.8, 4) is 16.9 Å². The average molecular weight is 418 g/mol. The first-order valence-corrected chi connectivity index (χ1v) is 10.9. The molecule has 2 aromatic rings. The van der Waals surface area contributed by atoms with Crippen LogP contribution in [0.3, 0.4) is 0 Å². The first-order chi connectivity index (χ1) is 14.5. The molecule has 2 saturated carbocycles.